The quantitative estimate of drug-likeness (QED) is 0.926. The smallest absolute Gasteiger partial charge is 0.408 e. The highest BCUT2D eigenvalue weighted by Gasteiger charge is 2.44. The minimum atomic E-state index is -4.48. The Labute approximate surface area is 119 Å². The van der Waals surface area contributed by atoms with Crippen LogP contribution in [0, 0.1) is 6.92 Å². The van der Waals surface area contributed by atoms with Gasteiger partial charge in [0.1, 0.15) is 12.6 Å². The van der Waals surface area contributed by atoms with Gasteiger partial charge >= 0.3 is 12.1 Å². The number of fused-ring (bicyclic) bond motifs is 1. The van der Waals surface area contributed by atoms with Gasteiger partial charge in [0, 0.05) is 24.4 Å². The highest BCUT2D eigenvalue weighted by atomic mass is 19.4. The highest BCUT2D eigenvalue weighted by molar-refractivity contribution is 5.97. The molecule has 0 saturated heterocycles. The van der Waals surface area contributed by atoms with Gasteiger partial charge in [-0.25, -0.2) is 0 Å². The molecule has 116 valence electrons. The lowest BCUT2D eigenvalue weighted by Gasteiger charge is -2.33. The number of carboxylic acids is 1. The van der Waals surface area contributed by atoms with Gasteiger partial charge in [-0.2, -0.15) is 13.2 Å². The Morgan fingerprint density at radius 3 is 2.62 bits per heavy atom. The van der Waals surface area contributed by atoms with Gasteiger partial charge in [-0.15, -0.1) is 0 Å². The Bertz CT molecular complexity index is 592. The summed E-state index contributed by atoms with van der Waals surface area (Å²) in [6.45, 7) is 2.20. The minimum Gasteiger partial charge on any atom is -0.480 e. The summed E-state index contributed by atoms with van der Waals surface area (Å²) in [6.07, 6.45) is -4.27. The van der Waals surface area contributed by atoms with Gasteiger partial charge in [0.05, 0.1) is 5.56 Å². The molecule has 0 bridgehead atoms. The number of amides is 1. The van der Waals surface area contributed by atoms with Gasteiger partial charge in [0.25, 0.3) is 5.91 Å². The summed E-state index contributed by atoms with van der Waals surface area (Å²) in [4.78, 5) is 23.8. The van der Waals surface area contributed by atoms with Crippen LogP contribution in [0.25, 0.3) is 0 Å². The Morgan fingerprint density at radius 1 is 1.48 bits per heavy atom. The number of hydrogen-bond acceptors (Lipinski definition) is 2. The molecule has 0 fully saturated rings. The third-order valence-corrected chi connectivity index (χ3v) is 3.73. The van der Waals surface area contributed by atoms with Crippen LogP contribution in [0.1, 0.15) is 28.7 Å². The number of carbonyl (C=O) groups is 2. The second-order valence-electron chi connectivity index (χ2n) is 5.09. The lowest BCUT2D eigenvalue weighted by Crippen LogP contribution is -2.50. The molecule has 1 atom stereocenters. The number of aromatic nitrogens is 1. The van der Waals surface area contributed by atoms with E-state index in [1.165, 1.54) is 10.6 Å². The first-order valence-electron chi connectivity index (χ1n) is 6.41. The van der Waals surface area contributed by atoms with Gasteiger partial charge < -0.3 is 14.6 Å². The summed E-state index contributed by atoms with van der Waals surface area (Å²) in [6, 6.07) is -0.406. The van der Waals surface area contributed by atoms with Crippen molar-refractivity contribution in [1.82, 2.24) is 9.47 Å². The Hall–Kier alpha value is -1.99. The maximum Gasteiger partial charge on any atom is 0.408 e. The molecule has 1 aliphatic heterocycles. The third-order valence-electron chi connectivity index (χ3n) is 3.73. The molecule has 1 aromatic heterocycles. The molecule has 21 heavy (non-hydrogen) atoms. The lowest BCUT2D eigenvalue weighted by atomic mass is 10.0. The number of aryl methyl sites for hydroxylation is 1. The van der Waals surface area contributed by atoms with Gasteiger partial charge in [-0.1, -0.05) is 0 Å². The topological polar surface area (TPSA) is 62.5 Å². The fraction of sp³-hybridized carbons (Fsp3) is 0.538. The fourth-order valence-electron chi connectivity index (χ4n) is 2.57. The van der Waals surface area contributed by atoms with E-state index in [-0.39, 0.29) is 25.1 Å². The molecule has 0 saturated carbocycles. The average molecular weight is 304 g/mol. The molecule has 8 heteroatoms. The number of alkyl halides is 3. The first-order valence-corrected chi connectivity index (χ1v) is 6.41. The van der Waals surface area contributed by atoms with E-state index in [0.29, 0.717) is 11.4 Å². The van der Waals surface area contributed by atoms with Crippen molar-refractivity contribution < 1.29 is 27.9 Å². The first kappa shape index (κ1) is 15.4. The van der Waals surface area contributed by atoms with Gasteiger partial charge in [0.2, 0.25) is 0 Å². The van der Waals surface area contributed by atoms with E-state index in [2.05, 4.69) is 0 Å². The number of rotatable bonds is 3. The maximum atomic E-state index is 12.8. The van der Waals surface area contributed by atoms with Gasteiger partial charge in [-0.3, -0.25) is 9.59 Å². The first-order chi connectivity index (χ1) is 9.62. The van der Waals surface area contributed by atoms with Crippen LogP contribution in [-0.2, 0) is 17.8 Å². The SMILES string of the molecule is Cc1cc2c(n1CC(=O)O)CCN(C(C)C(F)(F)F)C2=O. The average Bonchev–Trinajstić information content (AvgIpc) is 2.66. The largest absolute Gasteiger partial charge is 0.480 e. The molecule has 0 spiro atoms. The van der Waals surface area contributed by atoms with Gasteiger partial charge in [-0.05, 0) is 19.9 Å². The van der Waals surface area contributed by atoms with Crippen molar-refractivity contribution in [3.05, 3.63) is 23.0 Å². The molecular formula is C13H15F3N2O3. The van der Waals surface area contributed by atoms with Crippen molar-refractivity contribution in [1.29, 1.82) is 0 Å². The predicted molar refractivity (Wildman–Crippen MR) is 67.1 cm³/mol. The van der Waals surface area contributed by atoms with Crippen LogP contribution < -0.4 is 0 Å². The van der Waals surface area contributed by atoms with Crippen LogP contribution in [0.3, 0.4) is 0 Å². The number of hydrogen-bond donors (Lipinski definition) is 1. The summed E-state index contributed by atoms with van der Waals surface area (Å²) in [5.74, 6) is -1.76. The van der Waals surface area contributed by atoms with Gasteiger partial charge in [0.15, 0.2) is 0 Å². The molecule has 1 unspecified atom stereocenters. The second kappa shape index (κ2) is 5.09. The Balaban J connectivity index is 2.35. The van der Waals surface area contributed by atoms with Crippen molar-refractivity contribution in [2.75, 3.05) is 6.54 Å². The molecular weight excluding hydrogens is 289 g/mol. The Kier molecular flexibility index (Phi) is 3.73. The Morgan fingerprint density at radius 2 is 2.10 bits per heavy atom. The molecule has 1 aliphatic rings. The number of carbonyl (C=O) groups excluding carboxylic acids is 1. The van der Waals surface area contributed by atoms with Crippen LogP contribution in [0.15, 0.2) is 6.07 Å². The molecule has 1 amide bonds. The monoisotopic (exact) mass is 304 g/mol. The lowest BCUT2D eigenvalue weighted by molar-refractivity contribution is -0.172. The molecule has 2 rings (SSSR count). The van der Waals surface area contributed by atoms with Crippen LogP contribution in [0.2, 0.25) is 0 Å². The van der Waals surface area contributed by atoms with Crippen LogP contribution in [-0.4, -0.2) is 45.2 Å². The number of carboxylic acid groups (broad SMARTS) is 1. The summed E-state index contributed by atoms with van der Waals surface area (Å²) in [5.41, 5.74) is 1.21. The van der Waals surface area contributed by atoms with Crippen molar-refractivity contribution in [2.24, 2.45) is 0 Å². The van der Waals surface area contributed by atoms with E-state index in [1.54, 1.807) is 6.92 Å². The summed E-state index contributed by atoms with van der Waals surface area (Å²) < 4.78 is 39.8. The van der Waals surface area contributed by atoms with Crippen LogP contribution >= 0.6 is 0 Å². The minimum absolute atomic E-state index is 0.0738. The second-order valence-corrected chi connectivity index (χ2v) is 5.09. The normalized spacial score (nSPS) is 16.8. The zero-order valence-electron chi connectivity index (χ0n) is 11.6. The third kappa shape index (κ3) is 2.74. The van der Waals surface area contributed by atoms with E-state index in [1.807, 2.05) is 0 Å². The summed E-state index contributed by atoms with van der Waals surface area (Å²) in [5, 5.41) is 8.86. The zero-order chi connectivity index (χ0) is 15.9. The highest BCUT2D eigenvalue weighted by Crippen LogP contribution is 2.30. The molecule has 1 aromatic rings. The molecule has 2 heterocycles. The molecule has 0 radical (unpaired) electrons. The molecule has 0 aromatic carbocycles. The number of aliphatic carboxylic acids is 1. The van der Waals surface area contributed by atoms with E-state index >= 15 is 0 Å². The van der Waals surface area contributed by atoms with E-state index in [0.717, 1.165) is 11.8 Å². The summed E-state index contributed by atoms with van der Waals surface area (Å²) in [7, 11) is 0. The molecule has 1 N–H and O–H groups in total. The van der Waals surface area contributed by atoms with Crippen molar-refractivity contribution >= 4 is 11.9 Å². The number of halogens is 3. The zero-order valence-corrected chi connectivity index (χ0v) is 11.6. The van der Waals surface area contributed by atoms with Crippen LogP contribution in [0.5, 0.6) is 0 Å². The maximum absolute atomic E-state index is 12.8. The van der Waals surface area contributed by atoms with Crippen molar-refractivity contribution in [2.45, 2.75) is 39.0 Å². The summed E-state index contributed by atoms with van der Waals surface area (Å²) >= 11 is 0. The predicted octanol–water partition coefficient (Wildman–Crippen LogP) is 1.83. The van der Waals surface area contributed by atoms with E-state index in [9.17, 15) is 22.8 Å². The molecule has 0 aliphatic carbocycles. The van der Waals surface area contributed by atoms with E-state index in [4.69, 9.17) is 5.11 Å². The standard InChI is InChI=1S/C13H15F3N2O3/c1-7-5-9-10(18(7)6-11(19)20)3-4-17(12(9)21)8(2)13(14,15)16/h5,8H,3-4,6H2,1-2H3,(H,19,20). The van der Waals surface area contributed by atoms with Crippen molar-refractivity contribution in [3.8, 4) is 0 Å². The van der Waals surface area contributed by atoms with Crippen molar-refractivity contribution in [3.63, 3.8) is 0 Å². The fourth-order valence-corrected chi connectivity index (χ4v) is 2.57. The van der Waals surface area contributed by atoms with Crippen LogP contribution in [0.4, 0.5) is 13.2 Å². The number of nitrogens with zero attached hydrogens (tertiary/aromatic N) is 2. The van der Waals surface area contributed by atoms with E-state index < -0.39 is 24.1 Å². The molecule has 5 nitrogen and oxygen atoms in total.